The lowest BCUT2D eigenvalue weighted by Gasteiger charge is -2.18. The van der Waals surface area contributed by atoms with E-state index >= 15 is 0 Å². The van der Waals surface area contributed by atoms with Crippen molar-refractivity contribution in [2.24, 2.45) is 0 Å². The summed E-state index contributed by atoms with van der Waals surface area (Å²) in [6.07, 6.45) is 1.88. The topological polar surface area (TPSA) is 58.2 Å². The van der Waals surface area contributed by atoms with Crippen LogP contribution in [0.2, 0.25) is 0 Å². The fraction of sp³-hybridized carbons (Fsp3) is 0.250. The summed E-state index contributed by atoms with van der Waals surface area (Å²) >= 11 is 1.50. The van der Waals surface area contributed by atoms with E-state index in [9.17, 15) is 9.59 Å². The van der Waals surface area contributed by atoms with E-state index in [0.717, 1.165) is 6.42 Å². The highest BCUT2D eigenvalue weighted by Crippen LogP contribution is 2.27. The fourth-order valence-corrected chi connectivity index (χ4v) is 3.92. The molecule has 5 heteroatoms. The monoisotopic (exact) mass is 406 g/mol. The number of benzene rings is 2. The van der Waals surface area contributed by atoms with Crippen LogP contribution in [0.1, 0.15) is 46.7 Å². The van der Waals surface area contributed by atoms with Crippen LogP contribution in [0.25, 0.3) is 0 Å². The molecule has 0 spiro atoms. The lowest BCUT2D eigenvalue weighted by Crippen LogP contribution is -2.28. The van der Waals surface area contributed by atoms with E-state index in [2.05, 4.69) is 34.9 Å². The van der Waals surface area contributed by atoms with Crippen molar-refractivity contribution in [2.75, 3.05) is 13.1 Å². The Bertz CT molecular complexity index is 840. The second-order valence-electron chi connectivity index (χ2n) is 6.88. The molecule has 0 fully saturated rings. The van der Waals surface area contributed by atoms with E-state index in [1.807, 2.05) is 47.2 Å². The molecule has 0 aliphatic heterocycles. The summed E-state index contributed by atoms with van der Waals surface area (Å²) in [6, 6.07) is 22.6. The first kappa shape index (κ1) is 20.8. The van der Waals surface area contributed by atoms with Gasteiger partial charge in [-0.05, 0) is 35.4 Å². The molecule has 2 aromatic carbocycles. The second-order valence-corrected chi connectivity index (χ2v) is 7.66. The highest BCUT2D eigenvalue weighted by Gasteiger charge is 2.14. The van der Waals surface area contributed by atoms with Crippen LogP contribution >= 0.6 is 11.3 Å². The van der Waals surface area contributed by atoms with Gasteiger partial charge in [0, 0.05) is 36.4 Å². The molecule has 0 aliphatic carbocycles. The van der Waals surface area contributed by atoms with Crippen molar-refractivity contribution < 1.29 is 9.59 Å². The summed E-state index contributed by atoms with van der Waals surface area (Å²) < 4.78 is 0. The van der Waals surface area contributed by atoms with Crippen molar-refractivity contribution in [3.8, 4) is 0 Å². The lowest BCUT2D eigenvalue weighted by atomic mass is 9.88. The Morgan fingerprint density at radius 2 is 1.48 bits per heavy atom. The largest absolute Gasteiger partial charge is 0.356 e. The molecule has 0 atom stereocenters. The molecule has 3 rings (SSSR count). The summed E-state index contributed by atoms with van der Waals surface area (Å²) in [6.45, 7) is 1.12. The highest BCUT2D eigenvalue weighted by atomic mass is 32.1. The SMILES string of the molecule is O=C(CCCNC(=O)c1ccsc1)NCCC(c1ccccc1)c1ccccc1. The molecule has 1 heterocycles. The Morgan fingerprint density at radius 3 is 2.07 bits per heavy atom. The summed E-state index contributed by atoms with van der Waals surface area (Å²) in [7, 11) is 0. The molecular formula is C24H26N2O2S. The third-order valence-electron chi connectivity index (χ3n) is 4.81. The molecule has 1 aromatic heterocycles. The maximum Gasteiger partial charge on any atom is 0.252 e. The maximum absolute atomic E-state index is 12.1. The minimum Gasteiger partial charge on any atom is -0.356 e. The highest BCUT2D eigenvalue weighted by molar-refractivity contribution is 7.08. The van der Waals surface area contributed by atoms with Gasteiger partial charge in [0.1, 0.15) is 0 Å². The first-order valence-electron chi connectivity index (χ1n) is 9.91. The van der Waals surface area contributed by atoms with E-state index in [1.54, 1.807) is 6.07 Å². The first-order valence-corrected chi connectivity index (χ1v) is 10.9. The predicted octanol–water partition coefficient (Wildman–Crippen LogP) is 4.60. The zero-order chi connectivity index (χ0) is 20.3. The number of amides is 2. The van der Waals surface area contributed by atoms with E-state index in [4.69, 9.17) is 0 Å². The Balaban J connectivity index is 1.41. The number of thiophene rings is 1. The third-order valence-corrected chi connectivity index (χ3v) is 5.49. The van der Waals surface area contributed by atoms with Crippen molar-refractivity contribution in [3.05, 3.63) is 94.2 Å². The van der Waals surface area contributed by atoms with Crippen molar-refractivity contribution in [1.29, 1.82) is 0 Å². The number of nitrogens with one attached hydrogen (secondary N) is 2. The normalized spacial score (nSPS) is 10.7. The lowest BCUT2D eigenvalue weighted by molar-refractivity contribution is -0.121. The number of hydrogen-bond acceptors (Lipinski definition) is 3. The zero-order valence-corrected chi connectivity index (χ0v) is 17.2. The molecule has 0 bridgehead atoms. The van der Waals surface area contributed by atoms with Crippen molar-refractivity contribution in [1.82, 2.24) is 10.6 Å². The maximum atomic E-state index is 12.1. The molecule has 0 saturated heterocycles. The van der Waals surface area contributed by atoms with Gasteiger partial charge in [0.25, 0.3) is 5.91 Å². The van der Waals surface area contributed by atoms with Gasteiger partial charge in [-0.25, -0.2) is 0 Å². The average Bonchev–Trinajstić information content (AvgIpc) is 3.30. The Morgan fingerprint density at radius 1 is 0.828 bits per heavy atom. The van der Waals surface area contributed by atoms with Crippen LogP contribution in [-0.2, 0) is 4.79 Å². The summed E-state index contributed by atoms with van der Waals surface area (Å²) in [5, 5.41) is 9.56. The first-order chi connectivity index (χ1) is 14.2. The summed E-state index contributed by atoms with van der Waals surface area (Å²) in [5.74, 6) is 0.192. The van der Waals surface area contributed by atoms with Crippen LogP contribution in [0, 0.1) is 0 Å². The quantitative estimate of drug-likeness (QED) is 0.484. The van der Waals surface area contributed by atoms with E-state index in [0.29, 0.717) is 31.5 Å². The van der Waals surface area contributed by atoms with Crippen molar-refractivity contribution in [2.45, 2.75) is 25.2 Å². The standard InChI is InChI=1S/C24H26N2O2S/c27-23(12-7-15-26-24(28)21-14-17-29-18-21)25-16-13-22(19-8-3-1-4-9-19)20-10-5-2-6-11-20/h1-6,8-11,14,17-18,22H,7,12-13,15-16H2,(H,25,27)(H,26,28). The number of carbonyl (C=O) groups excluding carboxylic acids is 2. The van der Waals surface area contributed by atoms with Gasteiger partial charge >= 0.3 is 0 Å². The molecule has 0 radical (unpaired) electrons. The van der Waals surface area contributed by atoms with Gasteiger partial charge in [-0.1, -0.05) is 60.7 Å². The van der Waals surface area contributed by atoms with Gasteiger partial charge in [-0.3, -0.25) is 9.59 Å². The van der Waals surface area contributed by atoms with Crippen LogP contribution in [0.5, 0.6) is 0 Å². The average molecular weight is 407 g/mol. The molecule has 3 aromatic rings. The molecule has 150 valence electrons. The van der Waals surface area contributed by atoms with Gasteiger partial charge in [0.15, 0.2) is 0 Å². The smallest absolute Gasteiger partial charge is 0.252 e. The fourth-order valence-electron chi connectivity index (χ4n) is 3.29. The van der Waals surface area contributed by atoms with E-state index in [-0.39, 0.29) is 17.7 Å². The molecule has 0 aliphatic rings. The van der Waals surface area contributed by atoms with Crippen LogP contribution < -0.4 is 10.6 Å². The van der Waals surface area contributed by atoms with Crippen LogP contribution in [-0.4, -0.2) is 24.9 Å². The van der Waals surface area contributed by atoms with Crippen LogP contribution in [0.15, 0.2) is 77.5 Å². The molecule has 0 saturated carbocycles. The van der Waals surface area contributed by atoms with Gasteiger partial charge in [0.2, 0.25) is 5.91 Å². The van der Waals surface area contributed by atoms with Crippen molar-refractivity contribution >= 4 is 23.2 Å². The molecular weight excluding hydrogens is 380 g/mol. The Labute approximate surface area is 176 Å². The molecule has 29 heavy (non-hydrogen) atoms. The predicted molar refractivity (Wildman–Crippen MR) is 118 cm³/mol. The summed E-state index contributed by atoms with van der Waals surface area (Å²) in [4.78, 5) is 24.0. The Kier molecular flexibility index (Phi) is 8.01. The Hall–Kier alpha value is -2.92. The van der Waals surface area contributed by atoms with E-state index < -0.39 is 0 Å². The van der Waals surface area contributed by atoms with Gasteiger partial charge < -0.3 is 10.6 Å². The molecule has 4 nitrogen and oxygen atoms in total. The van der Waals surface area contributed by atoms with Gasteiger partial charge in [-0.2, -0.15) is 11.3 Å². The number of rotatable bonds is 10. The second kappa shape index (κ2) is 11.2. The van der Waals surface area contributed by atoms with Gasteiger partial charge in [-0.15, -0.1) is 0 Å². The number of hydrogen-bond donors (Lipinski definition) is 2. The molecule has 2 amide bonds. The van der Waals surface area contributed by atoms with E-state index in [1.165, 1.54) is 22.5 Å². The zero-order valence-electron chi connectivity index (χ0n) is 16.3. The molecule has 2 N–H and O–H groups in total. The van der Waals surface area contributed by atoms with Crippen molar-refractivity contribution in [3.63, 3.8) is 0 Å². The number of carbonyl (C=O) groups is 2. The minimum atomic E-state index is -0.0831. The summed E-state index contributed by atoms with van der Waals surface area (Å²) in [5.41, 5.74) is 3.18. The molecule has 0 unspecified atom stereocenters. The van der Waals surface area contributed by atoms with Crippen LogP contribution in [0.4, 0.5) is 0 Å². The third kappa shape index (κ3) is 6.57. The van der Waals surface area contributed by atoms with Gasteiger partial charge in [0.05, 0.1) is 0 Å². The van der Waals surface area contributed by atoms with Crippen LogP contribution in [0.3, 0.4) is 0 Å². The minimum absolute atomic E-state index is 0.0228.